The van der Waals surface area contributed by atoms with Crippen molar-refractivity contribution in [3.8, 4) is 0 Å². The van der Waals surface area contributed by atoms with Gasteiger partial charge in [-0.3, -0.25) is 0 Å². The molecule has 2 aromatic carbocycles. The minimum absolute atomic E-state index is 0.204. The van der Waals surface area contributed by atoms with Crippen LogP contribution in [0.3, 0.4) is 0 Å². The molecule has 3 aromatic rings. The van der Waals surface area contributed by atoms with Crippen molar-refractivity contribution in [2.45, 2.75) is 26.8 Å². The van der Waals surface area contributed by atoms with Crippen molar-refractivity contribution in [3.05, 3.63) is 70.1 Å². The Kier molecular flexibility index (Phi) is 3.73. The third kappa shape index (κ3) is 2.56. The Balaban J connectivity index is 2.14. The molecule has 0 atom stereocenters. The SMILES string of the molecule is CCc1c(C)n(Cc2ccc(F)cc2)c2cc(Cl)ccc12. The van der Waals surface area contributed by atoms with Crippen molar-refractivity contribution >= 4 is 22.5 Å². The Hall–Kier alpha value is -1.80. The molecule has 0 saturated carbocycles. The first-order chi connectivity index (χ1) is 10.1. The van der Waals surface area contributed by atoms with Crippen molar-refractivity contribution in [2.24, 2.45) is 0 Å². The molecule has 0 N–H and O–H groups in total. The second kappa shape index (κ2) is 5.53. The van der Waals surface area contributed by atoms with Gasteiger partial charge in [-0.2, -0.15) is 0 Å². The number of benzene rings is 2. The summed E-state index contributed by atoms with van der Waals surface area (Å²) in [6.07, 6.45) is 0.986. The number of aromatic nitrogens is 1. The molecule has 1 aromatic heterocycles. The molecule has 1 heterocycles. The normalized spacial score (nSPS) is 11.2. The summed E-state index contributed by atoms with van der Waals surface area (Å²) in [7, 11) is 0. The maximum absolute atomic E-state index is 13.0. The zero-order valence-electron chi connectivity index (χ0n) is 12.2. The molecule has 0 saturated heterocycles. The third-order valence-electron chi connectivity index (χ3n) is 4.02. The van der Waals surface area contributed by atoms with Crippen LogP contribution in [0.5, 0.6) is 0 Å². The van der Waals surface area contributed by atoms with Gasteiger partial charge in [0.05, 0.1) is 5.52 Å². The molecule has 0 fully saturated rings. The number of halogens is 2. The van der Waals surface area contributed by atoms with Gasteiger partial charge in [0, 0.05) is 22.6 Å². The summed E-state index contributed by atoms with van der Waals surface area (Å²) in [5.74, 6) is -0.204. The van der Waals surface area contributed by atoms with E-state index in [-0.39, 0.29) is 5.82 Å². The van der Waals surface area contributed by atoms with E-state index < -0.39 is 0 Å². The monoisotopic (exact) mass is 301 g/mol. The van der Waals surface area contributed by atoms with Crippen LogP contribution in [0.15, 0.2) is 42.5 Å². The molecule has 1 nitrogen and oxygen atoms in total. The quantitative estimate of drug-likeness (QED) is 0.614. The first-order valence-corrected chi connectivity index (χ1v) is 7.49. The maximum Gasteiger partial charge on any atom is 0.123 e. The van der Waals surface area contributed by atoms with Crippen LogP contribution in [-0.4, -0.2) is 4.57 Å². The smallest absolute Gasteiger partial charge is 0.123 e. The molecule has 3 rings (SSSR count). The molecule has 21 heavy (non-hydrogen) atoms. The van der Waals surface area contributed by atoms with Crippen LogP contribution >= 0.6 is 11.6 Å². The Morgan fingerprint density at radius 3 is 2.48 bits per heavy atom. The van der Waals surface area contributed by atoms with Gasteiger partial charge < -0.3 is 4.57 Å². The zero-order chi connectivity index (χ0) is 15.0. The van der Waals surface area contributed by atoms with Crippen molar-refractivity contribution in [2.75, 3.05) is 0 Å². The number of hydrogen-bond acceptors (Lipinski definition) is 0. The van der Waals surface area contributed by atoms with Crippen molar-refractivity contribution in [1.29, 1.82) is 0 Å². The second-order valence-corrected chi connectivity index (χ2v) is 5.73. The predicted octanol–water partition coefficient (Wildman–Crippen LogP) is 5.35. The summed E-state index contributed by atoms with van der Waals surface area (Å²) in [6, 6.07) is 12.7. The lowest BCUT2D eigenvalue weighted by Crippen LogP contribution is -2.02. The number of aryl methyl sites for hydroxylation is 1. The highest BCUT2D eigenvalue weighted by molar-refractivity contribution is 6.31. The van der Waals surface area contributed by atoms with Gasteiger partial charge in [-0.05, 0) is 48.7 Å². The average molecular weight is 302 g/mol. The molecule has 0 spiro atoms. The third-order valence-corrected chi connectivity index (χ3v) is 4.26. The highest BCUT2D eigenvalue weighted by atomic mass is 35.5. The van der Waals surface area contributed by atoms with Gasteiger partial charge >= 0.3 is 0 Å². The molecule has 0 radical (unpaired) electrons. The molecule has 0 bridgehead atoms. The first-order valence-electron chi connectivity index (χ1n) is 7.12. The highest BCUT2D eigenvalue weighted by Crippen LogP contribution is 2.29. The number of nitrogens with zero attached hydrogens (tertiary/aromatic N) is 1. The van der Waals surface area contributed by atoms with Gasteiger partial charge in [0.15, 0.2) is 0 Å². The lowest BCUT2D eigenvalue weighted by atomic mass is 10.1. The molecule has 0 aliphatic heterocycles. The first kappa shape index (κ1) is 14.2. The van der Waals surface area contributed by atoms with Crippen LogP contribution in [0, 0.1) is 12.7 Å². The van der Waals surface area contributed by atoms with E-state index in [1.54, 1.807) is 0 Å². The van der Waals surface area contributed by atoms with Crippen LogP contribution in [0.1, 0.15) is 23.7 Å². The number of hydrogen-bond donors (Lipinski definition) is 0. The van der Waals surface area contributed by atoms with Crippen LogP contribution in [0.4, 0.5) is 4.39 Å². The highest BCUT2D eigenvalue weighted by Gasteiger charge is 2.13. The summed E-state index contributed by atoms with van der Waals surface area (Å²) in [4.78, 5) is 0. The van der Waals surface area contributed by atoms with Crippen LogP contribution in [0.2, 0.25) is 5.02 Å². The fourth-order valence-corrected chi connectivity index (χ4v) is 3.11. The van der Waals surface area contributed by atoms with E-state index in [9.17, 15) is 4.39 Å². The van der Waals surface area contributed by atoms with Crippen LogP contribution in [-0.2, 0) is 13.0 Å². The number of fused-ring (bicyclic) bond motifs is 1. The summed E-state index contributed by atoms with van der Waals surface area (Å²) in [5.41, 5.74) is 4.82. The van der Waals surface area contributed by atoms with Gasteiger partial charge in [0.25, 0.3) is 0 Å². The van der Waals surface area contributed by atoms with Gasteiger partial charge in [0.2, 0.25) is 0 Å². The minimum atomic E-state index is -0.204. The van der Waals surface area contributed by atoms with Gasteiger partial charge in [-0.15, -0.1) is 0 Å². The van der Waals surface area contributed by atoms with Crippen molar-refractivity contribution < 1.29 is 4.39 Å². The van der Waals surface area contributed by atoms with Crippen LogP contribution < -0.4 is 0 Å². The summed E-state index contributed by atoms with van der Waals surface area (Å²) >= 11 is 6.16. The number of rotatable bonds is 3. The molecular formula is C18H17ClFN. The molecule has 0 unspecified atom stereocenters. The summed E-state index contributed by atoms with van der Waals surface area (Å²) < 4.78 is 15.3. The van der Waals surface area contributed by atoms with Crippen LogP contribution in [0.25, 0.3) is 10.9 Å². The summed E-state index contributed by atoms with van der Waals surface area (Å²) in [6.45, 7) is 5.03. The second-order valence-electron chi connectivity index (χ2n) is 5.29. The average Bonchev–Trinajstić information content (AvgIpc) is 2.73. The van der Waals surface area contributed by atoms with E-state index in [1.807, 2.05) is 24.3 Å². The predicted molar refractivity (Wildman–Crippen MR) is 86.6 cm³/mol. The topological polar surface area (TPSA) is 4.93 Å². The Morgan fingerprint density at radius 1 is 1.10 bits per heavy atom. The minimum Gasteiger partial charge on any atom is -0.340 e. The van der Waals surface area contributed by atoms with Crippen molar-refractivity contribution in [3.63, 3.8) is 0 Å². The Bertz CT molecular complexity index is 787. The summed E-state index contributed by atoms with van der Waals surface area (Å²) in [5, 5.41) is 1.99. The van der Waals surface area contributed by atoms with E-state index >= 15 is 0 Å². The zero-order valence-corrected chi connectivity index (χ0v) is 12.9. The van der Waals surface area contributed by atoms with Gasteiger partial charge in [-0.25, -0.2) is 4.39 Å². The molecule has 108 valence electrons. The van der Waals surface area contributed by atoms with E-state index in [0.29, 0.717) is 0 Å². The van der Waals surface area contributed by atoms with E-state index in [4.69, 9.17) is 11.6 Å². The van der Waals surface area contributed by atoms with E-state index in [1.165, 1.54) is 28.8 Å². The fourth-order valence-electron chi connectivity index (χ4n) is 2.94. The standard InChI is InChI=1S/C18H17ClFN/c1-3-16-12(2)21(11-13-4-7-15(20)8-5-13)18-10-14(19)6-9-17(16)18/h4-10H,3,11H2,1-2H3. The maximum atomic E-state index is 13.0. The van der Waals surface area contributed by atoms with Gasteiger partial charge in [-0.1, -0.05) is 36.7 Å². The fraction of sp³-hybridized carbons (Fsp3) is 0.222. The molecule has 0 aliphatic rings. The molecule has 0 aliphatic carbocycles. The lowest BCUT2D eigenvalue weighted by Gasteiger charge is -2.09. The van der Waals surface area contributed by atoms with E-state index in [0.717, 1.165) is 29.1 Å². The molecule has 0 amide bonds. The van der Waals surface area contributed by atoms with E-state index in [2.05, 4.69) is 24.5 Å². The lowest BCUT2D eigenvalue weighted by molar-refractivity contribution is 0.626. The Labute approximate surface area is 129 Å². The van der Waals surface area contributed by atoms with Gasteiger partial charge in [0.1, 0.15) is 5.82 Å². The largest absolute Gasteiger partial charge is 0.340 e. The molecule has 3 heteroatoms. The molecular weight excluding hydrogens is 285 g/mol. The Morgan fingerprint density at radius 2 is 1.81 bits per heavy atom. The van der Waals surface area contributed by atoms with Crippen molar-refractivity contribution in [1.82, 2.24) is 4.57 Å².